The van der Waals surface area contributed by atoms with Crippen LogP contribution >= 0.6 is 51.1 Å². The maximum atomic E-state index is 12.7. The van der Waals surface area contributed by atoms with Crippen LogP contribution in [0.2, 0.25) is 5.02 Å². The van der Waals surface area contributed by atoms with Gasteiger partial charge in [-0.05, 0) is 65.9 Å². The van der Waals surface area contributed by atoms with Crippen molar-refractivity contribution in [1.29, 1.82) is 0 Å². The van der Waals surface area contributed by atoms with E-state index in [2.05, 4.69) is 15.9 Å². The van der Waals surface area contributed by atoms with E-state index in [0.717, 1.165) is 26.7 Å². The molecule has 4 rings (SSSR count). The normalized spacial score (nSPS) is 15.5. The lowest BCUT2D eigenvalue weighted by atomic mass is 10.2. The molecule has 1 aromatic heterocycles. The second kappa shape index (κ2) is 8.83. The number of benzene rings is 2. The molecule has 2 aromatic carbocycles. The van der Waals surface area contributed by atoms with Crippen LogP contribution in [0.3, 0.4) is 0 Å². The molecule has 0 bridgehead atoms. The molecule has 0 spiro atoms. The van der Waals surface area contributed by atoms with Crippen LogP contribution < -0.4 is 0 Å². The Kier molecular flexibility index (Phi) is 6.20. The van der Waals surface area contributed by atoms with E-state index < -0.39 is 0 Å². The van der Waals surface area contributed by atoms with E-state index in [4.69, 9.17) is 16.0 Å². The van der Waals surface area contributed by atoms with Crippen LogP contribution in [0.15, 0.2) is 84.4 Å². The minimum absolute atomic E-state index is 0.241. The van der Waals surface area contributed by atoms with Gasteiger partial charge in [-0.3, -0.25) is 14.5 Å². The standard InChI is InChI=1S/C21H13BrClNO3S2/c22-14-3-1-13(2-4-14)12-24-20(25)18(29-21(24)26)11-16-7-10-19(27-16)28-17-8-5-15(23)6-9-17/h1-11H,12H2/b18-11+. The second-order valence-electron chi connectivity index (χ2n) is 6.11. The number of hydrogen-bond donors (Lipinski definition) is 0. The summed E-state index contributed by atoms with van der Waals surface area (Å²) in [7, 11) is 0. The first-order valence-corrected chi connectivity index (χ1v) is 11.3. The van der Waals surface area contributed by atoms with Crippen LogP contribution in [-0.2, 0) is 11.3 Å². The van der Waals surface area contributed by atoms with Gasteiger partial charge in [0.2, 0.25) is 0 Å². The number of furan rings is 1. The smallest absolute Gasteiger partial charge is 0.293 e. The lowest BCUT2D eigenvalue weighted by Crippen LogP contribution is -2.27. The molecule has 29 heavy (non-hydrogen) atoms. The van der Waals surface area contributed by atoms with Crippen molar-refractivity contribution >= 4 is 68.3 Å². The summed E-state index contributed by atoms with van der Waals surface area (Å²) in [5.74, 6) is 0.210. The van der Waals surface area contributed by atoms with E-state index in [1.54, 1.807) is 12.1 Å². The van der Waals surface area contributed by atoms with E-state index >= 15 is 0 Å². The summed E-state index contributed by atoms with van der Waals surface area (Å²) in [6, 6.07) is 18.6. The molecule has 1 aliphatic rings. The predicted octanol–water partition coefficient (Wildman–Crippen LogP) is 7.08. The molecular weight excluding hydrogens is 494 g/mol. The molecule has 0 N–H and O–H groups in total. The highest BCUT2D eigenvalue weighted by Gasteiger charge is 2.35. The van der Waals surface area contributed by atoms with Gasteiger partial charge in [0.1, 0.15) is 5.76 Å². The monoisotopic (exact) mass is 505 g/mol. The molecule has 1 aliphatic heterocycles. The minimum atomic E-state index is -0.314. The number of thioether (sulfide) groups is 1. The van der Waals surface area contributed by atoms with Crippen LogP contribution in [0, 0.1) is 0 Å². The highest BCUT2D eigenvalue weighted by atomic mass is 79.9. The summed E-state index contributed by atoms with van der Waals surface area (Å²) in [6.07, 6.45) is 1.61. The maximum absolute atomic E-state index is 12.7. The zero-order valence-corrected chi connectivity index (χ0v) is 18.8. The van der Waals surface area contributed by atoms with Gasteiger partial charge in [0.15, 0.2) is 5.09 Å². The zero-order chi connectivity index (χ0) is 20.4. The average Bonchev–Trinajstić information content (AvgIpc) is 3.25. The van der Waals surface area contributed by atoms with Gasteiger partial charge in [-0.25, -0.2) is 0 Å². The number of carbonyl (C=O) groups excluding carboxylic acids is 2. The molecular formula is C21H13BrClNO3S2. The Morgan fingerprint density at radius 3 is 2.48 bits per heavy atom. The van der Waals surface area contributed by atoms with Gasteiger partial charge in [-0.2, -0.15) is 0 Å². The lowest BCUT2D eigenvalue weighted by molar-refractivity contribution is -0.123. The SMILES string of the molecule is O=C1S/C(=C/c2ccc(Sc3ccc(Cl)cc3)o2)C(=O)N1Cc1ccc(Br)cc1. The fourth-order valence-corrected chi connectivity index (χ4v) is 4.61. The maximum Gasteiger partial charge on any atom is 0.293 e. The largest absolute Gasteiger partial charge is 0.450 e. The average molecular weight is 507 g/mol. The number of rotatable bonds is 5. The quantitative estimate of drug-likeness (QED) is 0.346. The number of carbonyl (C=O) groups is 2. The van der Waals surface area contributed by atoms with Gasteiger partial charge in [-0.15, -0.1) is 0 Å². The number of amides is 2. The van der Waals surface area contributed by atoms with E-state index in [9.17, 15) is 9.59 Å². The van der Waals surface area contributed by atoms with Crippen molar-refractivity contribution in [2.24, 2.45) is 0 Å². The van der Waals surface area contributed by atoms with E-state index in [1.165, 1.54) is 16.7 Å². The molecule has 0 saturated carbocycles. The molecule has 3 aromatic rings. The number of nitrogens with zero attached hydrogens (tertiary/aromatic N) is 1. The van der Waals surface area contributed by atoms with Gasteiger partial charge in [0.25, 0.3) is 11.1 Å². The third kappa shape index (κ3) is 4.98. The van der Waals surface area contributed by atoms with Crippen LogP contribution in [0.4, 0.5) is 4.79 Å². The molecule has 0 atom stereocenters. The Morgan fingerprint density at radius 1 is 1.03 bits per heavy atom. The Labute approximate surface area is 189 Å². The van der Waals surface area contributed by atoms with Gasteiger partial charge in [0.05, 0.1) is 11.4 Å². The molecule has 1 fully saturated rings. The van der Waals surface area contributed by atoms with E-state index in [1.807, 2.05) is 54.6 Å². The molecule has 8 heteroatoms. The van der Waals surface area contributed by atoms with Crippen molar-refractivity contribution in [1.82, 2.24) is 4.90 Å². The van der Waals surface area contributed by atoms with Crippen LogP contribution in [0.1, 0.15) is 11.3 Å². The van der Waals surface area contributed by atoms with Crippen molar-refractivity contribution in [3.63, 3.8) is 0 Å². The molecule has 0 unspecified atom stereocenters. The Hall–Kier alpha value is -1.93. The zero-order valence-electron chi connectivity index (χ0n) is 14.8. The van der Waals surface area contributed by atoms with E-state index in [0.29, 0.717) is 20.8 Å². The Bertz CT molecular complexity index is 1090. The summed E-state index contributed by atoms with van der Waals surface area (Å²) in [5, 5.41) is 1.08. The molecule has 146 valence electrons. The summed E-state index contributed by atoms with van der Waals surface area (Å²) in [6.45, 7) is 0.241. The summed E-state index contributed by atoms with van der Waals surface area (Å²) >= 11 is 11.7. The first-order chi connectivity index (χ1) is 14.0. The van der Waals surface area contributed by atoms with Crippen LogP contribution in [-0.4, -0.2) is 16.0 Å². The number of imide groups is 1. The molecule has 0 radical (unpaired) electrons. The predicted molar refractivity (Wildman–Crippen MR) is 120 cm³/mol. The van der Waals surface area contributed by atoms with Crippen molar-refractivity contribution in [2.75, 3.05) is 0 Å². The minimum Gasteiger partial charge on any atom is -0.450 e. The molecule has 1 saturated heterocycles. The third-order valence-corrected chi connectivity index (χ3v) is 6.65. The number of halogens is 2. The van der Waals surface area contributed by atoms with Gasteiger partial charge in [0, 0.05) is 20.5 Å². The van der Waals surface area contributed by atoms with Crippen LogP contribution in [0.25, 0.3) is 6.08 Å². The Balaban J connectivity index is 1.46. The van der Waals surface area contributed by atoms with Crippen molar-refractivity contribution in [3.05, 3.63) is 86.4 Å². The number of hydrogen-bond acceptors (Lipinski definition) is 5. The fourth-order valence-electron chi connectivity index (χ4n) is 2.62. The van der Waals surface area contributed by atoms with Gasteiger partial charge < -0.3 is 4.42 Å². The van der Waals surface area contributed by atoms with Gasteiger partial charge in [-0.1, -0.05) is 51.4 Å². The van der Waals surface area contributed by atoms with Crippen molar-refractivity contribution < 1.29 is 14.0 Å². The molecule has 2 heterocycles. The second-order valence-corrected chi connectivity index (χ2v) is 9.53. The summed E-state index contributed by atoms with van der Waals surface area (Å²) in [4.78, 5) is 27.6. The van der Waals surface area contributed by atoms with Gasteiger partial charge >= 0.3 is 0 Å². The molecule has 0 aliphatic carbocycles. The first-order valence-electron chi connectivity index (χ1n) is 8.51. The molecule has 2 amide bonds. The fraction of sp³-hybridized carbons (Fsp3) is 0.0476. The first kappa shape index (κ1) is 20.3. The highest BCUT2D eigenvalue weighted by Crippen LogP contribution is 2.35. The lowest BCUT2D eigenvalue weighted by Gasteiger charge is -2.12. The Morgan fingerprint density at radius 2 is 1.76 bits per heavy atom. The van der Waals surface area contributed by atoms with Crippen LogP contribution in [0.5, 0.6) is 0 Å². The molecule has 4 nitrogen and oxygen atoms in total. The third-order valence-electron chi connectivity index (χ3n) is 4.04. The summed E-state index contributed by atoms with van der Waals surface area (Å²) in [5.41, 5.74) is 0.886. The van der Waals surface area contributed by atoms with E-state index in [-0.39, 0.29) is 17.7 Å². The topological polar surface area (TPSA) is 50.5 Å². The highest BCUT2D eigenvalue weighted by molar-refractivity contribution is 9.10. The van der Waals surface area contributed by atoms with Crippen molar-refractivity contribution in [3.8, 4) is 0 Å². The summed E-state index contributed by atoms with van der Waals surface area (Å²) < 4.78 is 6.73. The van der Waals surface area contributed by atoms with Crippen molar-refractivity contribution in [2.45, 2.75) is 16.5 Å².